The zero-order valence-electron chi connectivity index (χ0n) is 11.1. The Kier molecular flexibility index (Phi) is 3.74. The second kappa shape index (κ2) is 5.30. The van der Waals surface area contributed by atoms with Gasteiger partial charge in [0.2, 0.25) is 0 Å². The van der Waals surface area contributed by atoms with Crippen LogP contribution in [0.3, 0.4) is 0 Å². The lowest BCUT2D eigenvalue weighted by molar-refractivity contribution is 0.511. The van der Waals surface area contributed by atoms with Crippen LogP contribution >= 0.6 is 0 Å². The van der Waals surface area contributed by atoms with Gasteiger partial charge in [-0.25, -0.2) is 18.7 Å². The van der Waals surface area contributed by atoms with E-state index in [9.17, 15) is 8.78 Å². The molecule has 0 atom stereocenters. The lowest BCUT2D eigenvalue weighted by atomic mass is 10.1. The van der Waals surface area contributed by atoms with Crippen LogP contribution < -0.4 is 5.32 Å². The van der Waals surface area contributed by atoms with Crippen molar-refractivity contribution < 1.29 is 8.78 Å². The highest BCUT2D eigenvalue weighted by molar-refractivity contribution is 5.68. The van der Waals surface area contributed by atoms with Gasteiger partial charge in [-0.3, -0.25) is 0 Å². The number of nitrogens with one attached hydrogen (secondary N) is 1. The van der Waals surface area contributed by atoms with E-state index in [4.69, 9.17) is 0 Å². The number of halogens is 2. The topological polar surface area (TPSA) is 37.8 Å². The summed E-state index contributed by atoms with van der Waals surface area (Å²) in [6.07, 6.45) is 0. The molecule has 0 aliphatic carbocycles. The molecule has 0 aliphatic heterocycles. The highest BCUT2D eigenvalue weighted by atomic mass is 19.2. The minimum absolute atomic E-state index is 0.155. The predicted octanol–water partition coefficient (Wildman–Crippen LogP) is 3.47. The van der Waals surface area contributed by atoms with Gasteiger partial charge in [0.1, 0.15) is 11.6 Å². The van der Waals surface area contributed by atoms with Gasteiger partial charge in [-0.1, -0.05) is 6.07 Å². The van der Waals surface area contributed by atoms with E-state index >= 15 is 0 Å². The molecule has 0 bridgehead atoms. The summed E-state index contributed by atoms with van der Waals surface area (Å²) in [6, 6.07) is 4.08. The second-order valence-electron chi connectivity index (χ2n) is 4.22. The zero-order chi connectivity index (χ0) is 14.0. The Balaban J connectivity index is 2.65. The van der Waals surface area contributed by atoms with E-state index in [2.05, 4.69) is 15.3 Å². The molecule has 0 amide bonds. The number of rotatable bonds is 3. The largest absolute Gasteiger partial charge is 0.370 e. The molecule has 1 heterocycles. The third-order valence-corrected chi connectivity index (χ3v) is 2.81. The van der Waals surface area contributed by atoms with Crippen molar-refractivity contribution in [2.75, 3.05) is 11.9 Å². The Hall–Kier alpha value is -2.04. The van der Waals surface area contributed by atoms with Gasteiger partial charge in [-0.05, 0) is 32.9 Å². The van der Waals surface area contributed by atoms with Gasteiger partial charge in [-0.2, -0.15) is 0 Å². The summed E-state index contributed by atoms with van der Waals surface area (Å²) >= 11 is 0. The minimum Gasteiger partial charge on any atom is -0.370 e. The molecule has 0 fully saturated rings. The van der Waals surface area contributed by atoms with Crippen molar-refractivity contribution in [2.24, 2.45) is 0 Å². The molecule has 3 nitrogen and oxygen atoms in total. The van der Waals surface area contributed by atoms with Gasteiger partial charge < -0.3 is 5.32 Å². The molecule has 2 rings (SSSR count). The molecule has 0 saturated heterocycles. The van der Waals surface area contributed by atoms with Crippen molar-refractivity contribution in [1.82, 2.24) is 9.97 Å². The number of aryl methyl sites for hydroxylation is 1. The summed E-state index contributed by atoms with van der Waals surface area (Å²) in [5.74, 6) is -0.599. The molecule has 0 radical (unpaired) electrons. The van der Waals surface area contributed by atoms with Gasteiger partial charge in [0.15, 0.2) is 11.6 Å². The fourth-order valence-corrected chi connectivity index (χ4v) is 1.92. The van der Waals surface area contributed by atoms with Gasteiger partial charge in [-0.15, -0.1) is 0 Å². The number of hydrogen-bond donors (Lipinski definition) is 1. The maximum absolute atomic E-state index is 13.9. The van der Waals surface area contributed by atoms with E-state index < -0.39 is 11.6 Å². The maximum Gasteiger partial charge on any atom is 0.168 e. The average Bonchev–Trinajstić information content (AvgIpc) is 2.37. The quantitative estimate of drug-likeness (QED) is 0.921. The van der Waals surface area contributed by atoms with E-state index in [-0.39, 0.29) is 5.56 Å². The molecule has 100 valence electrons. The number of aromatic nitrogens is 2. The van der Waals surface area contributed by atoms with E-state index in [0.717, 1.165) is 6.07 Å². The number of benzene rings is 1. The Labute approximate surface area is 110 Å². The van der Waals surface area contributed by atoms with E-state index in [0.29, 0.717) is 29.4 Å². The van der Waals surface area contributed by atoms with Gasteiger partial charge in [0.25, 0.3) is 0 Å². The molecule has 0 spiro atoms. The van der Waals surface area contributed by atoms with Crippen molar-refractivity contribution in [3.8, 4) is 11.3 Å². The van der Waals surface area contributed by atoms with Crippen LogP contribution in [0.15, 0.2) is 18.2 Å². The van der Waals surface area contributed by atoms with Crippen molar-refractivity contribution in [3.05, 3.63) is 41.2 Å². The Morgan fingerprint density at radius 2 is 1.89 bits per heavy atom. The van der Waals surface area contributed by atoms with Crippen LogP contribution in [0.25, 0.3) is 11.3 Å². The van der Waals surface area contributed by atoms with Crippen LogP contribution in [0.2, 0.25) is 0 Å². The standard InChI is InChI=1S/C14H15F2N3/c1-4-17-14-8(2)13(18-9(3)19-14)10-6-5-7-11(15)12(10)16/h5-7H,4H2,1-3H3,(H,17,18,19). The first kappa shape index (κ1) is 13.4. The van der Waals surface area contributed by atoms with Crippen LogP contribution in [0.5, 0.6) is 0 Å². The molecule has 1 aromatic heterocycles. The highest BCUT2D eigenvalue weighted by Gasteiger charge is 2.16. The molecular weight excluding hydrogens is 248 g/mol. The molecule has 1 aromatic carbocycles. The Bertz CT molecular complexity index is 612. The summed E-state index contributed by atoms with van der Waals surface area (Å²) < 4.78 is 27.2. The lowest BCUT2D eigenvalue weighted by Crippen LogP contribution is -2.06. The van der Waals surface area contributed by atoms with Crippen LogP contribution in [0.1, 0.15) is 18.3 Å². The second-order valence-corrected chi connectivity index (χ2v) is 4.22. The smallest absolute Gasteiger partial charge is 0.168 e. The first-order valence-electron chi connectivity index (χ1n) is 6.08. The van der Waals surface area contributed by atoms with Crippen LogP contribution in [0.4, 0.5) is 14.6 Å². The SMILES string of the molecule is CCNc1nc(C)nc(-c2cccc(F)c2F)c1C. The number of anilines is 1. The summed E-state index contributed by atoms with van der Waals surface area (Å²) in [4.78, 5) is 8.49. The molecule has 1 N–H and O–H groups in total. The van der Waals surface area contributed by atoms with E-state index in [1.165, 1.54) is 12.1 Å². The summed E-state index contributed by atoms with van der Waals surface area (Å²) in [7, 11) is 0. The van der Waals surface area contributed by atoms with Crippen LogP contribution in [-0.4, -0.2) is 16.5 Å². The Morgan fingerprint density at radius 1 is 1.16 bits per heavy atom. The molecule has 0 aliphatic rings. The minimum atomic E-state index is -0.883. The zero-order valence-corrected chi connectivity index (χ0v) is 11.1. The number of hydrogen-bond acceptors (Lipinski definition) is 3. The highest BCUT2D eigenvalue weighted by Crippen LogP contribution is 2.28. The average molecular weight is 263 g/mol. The predicted molar refractivity (Wildman–Crippen MR) is 71.0 cm³/mol. The maximum atomic E-state index is 13.9. The molecule has 0 saturated carbocycles. The monoisotopic (exact) mass is 263 g/mol. The molecule has 2 aromatic rings. The van der Waals surface area contributed by atoms with Crippen molar-refractivity contribution in [2.45, 2.75) is 20.8 Å². The van der Waals surface area contributed by atoms with Crippen molar-refractivity contribution >= 4 is 5.82 Å². The van der Waals surface area contributed by atoms with E-state index in [1.54, 1.807) is 13.8 Å². The third-order valence-electron chi connectivity index (χ3n) is 2.81. The first-order valence-corrected chi connectivity index (χ1v) is 6.08. The third kappa shape index (κ3) is 2.54. The fourth-order valence-electron chi connectivity index (χ4n) is 1.92. The van der Waals surface area contributed by atoms with Crippen molar-refractivity contribution in [1.29, 1.82) is 0 Å². The van der Waals surface area contributed by atoms with Crippen LogP contribution in [-0.2, 0) is 0 Å². The summed E-state index contributed by atoms with van der Waals surface area (Å²) in [5.41, 5.74) is 1.28. The molecule has 5 heteroatoms. The molecule has 0 unspecified atom stereocenters. The van der Waals surface area contributed by atoms with E-state index in [1.807, 2.05) is 6.92 Å². The van der Waals surface area contributed by atoms with Crippen molar-refractivity contribution in [3.63, 3.8) is 0 Å². The molecular formula is C14H15F2N3. The summed E-state index contributed by atoms with van der Waals surface area (Å²) in [5, 5.41) is 3.09. The first-order chi connectivity index (χ1) is 9.04. The van der Waals surface area contributed by atoms with Gasteiger partial charge in [0.05, 0.1) is 5.69 Å². The lowest BCUT2D eigenvalue weighted by Gasteiger charge is -2.12. The number of nitrogens with zero attached hydrogens (tertiary/aromatic N) is 2. The Morgan fingerprint density at radius 3 is 2.58 bits per heavy atom. The normalized spacial score (nSPS) is 10.6. The van der Waals surface area contributed by atoms with Gasteiger partial charge in [0, 0.05) is 17.7 Å². The summed E-state index contributed by atoms with van der Waals surface area (Å²) in [6.45, 7) is 6.15. The van der Waals surface area contributed by atoms with Gasteiger partial charge >= 0.3 is 0 Å². The fraction of sp³-hybridized carbons (Fsp3) is 0.286. The van der Waals surface area contributed by atoms with Crippen LogP contribution in [0, 0.1) is 25.5 Å². The molecule has 19 heavy (non-hydrogen) atoms.